The zero-order valence-electron chi connectivity index (χ0n) is 10.9. The molecule has 1 aliphatic rings. The van der Waals surface area contributed by atoms with Gasteiger partial charge in [-0.15, -0.1) is 0 Å². The van der Waals surface area contributed by atoms with E-state index in [1.165, 1.54) is 12.0 Å². The summed E-state index contributed by atoms with van der Waals surface area (Å²) in [6, 6.07) is 0. The lowest BCUT2D eigenvalue weighted by Crippen LogP contribution is -2.52. The molecule has 8 heteroatoms. The van der Waals surface area contributed by atoms with E-state index in [-0.39, 0.29) is 6.61 Å². The van der Waals surface area contributed by atoms with E-state index in [9.17, 15) is 22.7 Å². The molecule has 1 rings (SSSR count). The molecule has 1 fully saturated rings. The summed E-state index contributed by atoms with van der Waals surface area (Å²) in [5.74, 6) is -3.96. The molecule has 0 radical (unpaired) electrons. The van der Waals surface area contributed by atoms with Crippen LogP contribution >= 0.6 is 0 Å². The molecular weight excluding hydrogens is 268 g/mol. The number of hydrogen-bond donors (Lipinski definition) is 1. The lowest BCUT2D eigenvalue weighted by atomic mass is 10.2. The Morgan fingerprint density at radius 3 is 2.16 bits per heavy atom. The van der Waals surface area contributed by atoms with E-state index >= 15 is 0 Å². The first kappa shape index (κ1) is 16.6. The van der Waals surface area contributed by atoms with Crippen molar-refractivity contribution in [1.29, 1.82) is 0 Å². The predicted molar refractivity (Wildman–Crippen MR) is 61.7 cm³/mol. The van der Waals surface area contributed by atoms with E-state index in [2.05, 4.69) is 0 Å². The summed E-state index contributed by atoms with van der Waals surface area (Å²) in [6.07, 6.45) is -4.26. The van der Waals surface area contributed by atoms with E-state index in [1.807, 2.05) is 4.90 Å². The maximum absolute atomic E-state index is 12.9. The summed E-state index contributed by atoms with van der Waals surface area (Å²) in [6.45, 7) is 1.22. The number of alkyl halides is 4. The highest BCUT2D eigenvalue weighted by molar-refractivity contribution is 4.80. The Morgan fingerprint density at radius 2 is 1.68 bits per heavy atom. The van der Waals surface area contributed by atoms with Gasteiger partial charge in [-0.25, -0.2) is 8.78 Å². The van der Waals surface area contributed by atoms with Gasteiger partial charge >= 0.3 is 12.3 Å². The Kier molecular flexibility index (Phi) is 6.45. The van der Waals surface area contributed by atoms with Gasteiger partial charge in [0.1, 0.15) is 0 Å². The summed E-state index contributed by atoms with van der Waals surface area (Å²) in [4.78, 5) is 3.23. The van der Waals surface area contributed by atoms with Crippen LogP contribution in [-0.4, -0.2) is 86.3 Å². The largest absolute Gasteiger partial charge is 0.389 e. The summed E-state index contributed by atoms with van der Waals surface area (Å²) in [5, 5.41) is 9.53. The SMILES string of the molecule is COC[C@@H](O)CN1CCN(CC(F)(F)C(F)F)CC1. The lowest BCUT2D eigenvalue weighted by Gasteiger charge is -2.36. The second kappa shape index (κ2) is 7.37. The van der Waals surface area contributed by atoms with Crippen molar-refractivity contribution in [3.63, 3.8) is 0 Å². The quantitative estimate of drug-likeness (QED) is 0.693. The van der Waals surface area contributed by atoms with Crippen molar-refractivity contribution in [2.24, 2.45) is 0 Å². The molecule has 4 nitrogen and oxygen atoms in total. The topological polar surface area (TPSA) is 35.9 Å². The molecule has 1 aliphatic heterocycles. The van der Waals surface area contributed by atoms with Crippen LogP contribution in [0, 0.1) is 0 Å². The first-order chi connectivity index (χ1) is 8.85. The number of β-amino-alcohol motifs (C(OH)–C–C–N with tert-alkyl or cyclic N) is 1. The zero-order chi connectivity index (χ0) is 14.5. The van der Waals surface area contributed by atoms with E-state index in [0.717, 1.165) is 0 Å². The third-order valence-corrected chi connectivity index (χ3v) is 3.05. The molecule has 0 saturated carbocycles. The van der Waals surface area contributed by atoms with Crippen molar-refractivity contribution >= 4 is 0 Å². The number of piperazine rings is 1. The molecule has 19 heavy (non-hydrogen) atoms. The van der Waals surface area contributed by atoms with Gasteiger partial charge in [0, 0.05) is 39.8 Å². The molecule has 1 saturated heterocycles. The van der Waals surface area contributed by atoms with Gasteiger partial charge < -0.3 is 9.84 Å². The number of methoxy groups -OCH3 is 1. The molecular formula is C11H20F4N2O2. The molecule has 0 aromatic rings. The van der Waals surface area contributed by atoms with Crippen LogP contribution in [0.5, 0.6) is 0 Å². The summed E-state index contributed by atoms with van der Waals surface area (Å²) in [7, 11) is 1.48. The fraction of sp³-hybridized carbons (Fsp3) is 1.00. The van der Waals surface area contributed by atoms with Gasteiger partial charge in [-0.05, 0) is 0 Å². The summed E-state index contributed by atoms with van der Waals surface area (Å²) < 4.78 is 54.7. The minimum absolute atomic E-state index is 0.212. The Bertz CT molecular complexity index is 261. The standard InChI is InChI=1S/C11H20F4N2O2/c1-19-7-9(18)6-16-2-4-17(5-3-16)8-11(14,15)10(12)13/h9-10,18H,2-8H2,1H3/t9-/m0/s1. The number of aliphatic hydroxyl groups is 1. The minimum Gasteiger partial charge on any atom is -0.389 e. The maximum atomic E-state index is 12.9. The van der Waals surface area contributed by atoms with Gasteiger partial charge in [-0.1, -0.05) is 0 Å². The fourth-order valence-electron chi connectivity index (χ4n) is 2.04. The molecule has 0 aromatic heterocycles. The molecule has 0 bridgehead atoms. The molecule has 0 aromatic carbocycles. The number of ether oxygens (including phenoxy) is 1. The molecule has 114 valence electrons. The second-order valence-corrected chi connectivity index (χ2v) is 4.75. The lowest BCUT2D eigenvalue weighted by molar-refractivity contribution is -0.145. The van der Waals surface area contributed by atoms with Crippen molar-refractivity contribution in [3.05, 3.63) is 0 Å². The van der Waals surface area contributed by atoms with E-state index in [1.54, 1.807) is 0 Å². The Labute approximate surface area is 109 Å². The van der Waals surface area contributed by atoms with Crippen LogP contribution in [0.4, 0.5) is 17.6 Å². The van der Waals surface area contributed by atoms with Crippen molar-refractivity contribution in [2.45, 2.75) is 18.5 Å². The normalized spacial score (nSPS) is 21.0. The van der Waals surface area contributed by atoms with Crippen molar-refractivity contribution in [1.82, 2.24) is 9.80 Å². The first-order valence-corrected chi connectivity index (χ1v) is 6.13. The second-order valence-electron chi connectivity index (χ2n) is 4.75. The van der Waals surface area contributed by atoms with E-state index in [4.69, 9.17) is 4.74 Å². The van der Waals surface area contributed by atoms with Crippen molar-refractivity contribution in [3.8, 4) is 0 Å². The highest BCUT2D eigenvalue weighted by Gasteiger charge is 2.42. The molecule has 0 unspecified atom stereocenters. The molecule has 1 heterocycles. The van der Waals surface area contributed by atoms with Crippen LogP contribution in [-0.2, 0) is 4.74 Å². The van der Waals surface area contributed by atoms with Crippen LogP contribution < -0.4 is 0 Å². The zero-order valence-corrected chi connectivity index (χ0v) is 10.9. The van der Waals surface area contributed by atoms with Crippen LogP contribution in [0.2, 0.25) is 0 Å². The number of nitrogens with zero attached hydrogens (tertiary/aromatic N) is 2. The van der Waals surface area contributed by atoms with Gasteiger partial charge in [0.25, 0.3) is 0 Å². The fourth-order valence-corrected chi connectivity index (χ4v) is 2.04. The Hall–Kier alpha value is -0.440. The van der Waals surface area contributed by atoms with Gasteiger partial charge in [0.2, 0.25) is 0 Å². The average Bonchev–Trinajstić information content (AvgIpc) is 2.31. The highest BCUT2D eigenvalue weighted by atomic mass is 19.3. The number of rotatable bonds is 7. The minimum atomic E-state index is -3.96. The molecule has 1 N–H and O–H groups in total. The highest BCUT2D eigenvalue weighted by Crippen LogP contribution is 2.24. The van der Waals surface area contributed by atoms with E-state index in [0.29, 0.717) is 32.7 Å². The number of halogens is 4. The molecule has 0 spiro atoms. The average molecular weight is 288 g/mol. The maximum Gasteiger partial charge on any atom is 0.319 e. The van der Waals surface area contributed by atoms with Crippen LogP contribution in [0.25, 0.3) is 0 Å². The summed E-state index contributed by atoms with van der Waals surface area (Å²) in [5.41, 5.74) is 0. The number of hydrogen-bond acceptors (Lipinski definition) is 4. The molecule has 1 atom stereocenters. The van der Waals surface area contributed by atoms with Gasteiger partial charge in [-0.3, -0.25) is 9.80 Å². The summed E-state index contributed by atoms with van der Waals surface area (Å²) >= 11 is 0. The third-order valence-electron chi connectivity index (χ3n) is 3.05. The Morgan fingerprint density at radius 1 is 1.16 bits per heavy atom. The number of aliphatic hydroxyl groups excluding tert-OH is 1. The Balaban J connectivity index is 2.29. The van der Waals surface area contributed by atoms with Gasteiger partial charge in [0.15, 0.2) is 0 Å². The van der Waals surface area contributed by atoms with Crippen molar-refractivity contribution in [2.75, 3.05) is 53.0 Å². The van der Waals surface area contributed by atoms with Gasteiger partial charge in [-0.2, -0.15) is 8.78 Å². The first-order valence-electron chi connectivity index (χ1n) is 6.13. The monoisotopic (exact) mass is 288 g/mol. The predicted octanol–water partition coefficient (Wildman–Crippen LogP) is 0.512. The van der Waals surface area contributed by atoms with Crippen LogP contribution in [0.15, 0.2) is 0 Å². The molecule has 0 aliphatic carbocycles. The van der Waals surface area contributed by atoms with Crippen molar-refractivity contribution < 1.29 is 27.4 Å². The van der Waals surface area contributed by atoms with E-state index < -0.39 is 25.0 Å². The van der Waals surface area contributed by atoms with Crippen LogP contribution in [0.3, 0.4) is 0 Å². The van der Waals surface area contributed by atoms with Gasteiger partial charge in [0.05, 0.1) is 19.3 Å². The third kappa shape index (κ3) is 5.60. The molecule has 0 amide bonds. The smallest absolute Gasteiger partial charge is 0.319 e. The van der Waals surface area contributed by atoms with Crippen LogP contribution in [0.1, 0.15) is 0 Å².